The highest BCUT2D eigenvalue weighted by Crippen LogP contribution is 2.21. The second-order valence-corrected chi connectivity index (χ2v) is 5.06. The largest absolute Gasteiger partial charge is 0.366 e. The Morgan fingerprint density at radius 1 is 1.58 bits per heavy atom. The Labute approximate surface area is 83.5 Å². The van der Waals surface area contributed by atoms with Crippen molar-refractivity contribution in [3.63, 3.8) is 0 Å². The van der Waals surface area contributed by atoms with Crippen LogP contribution in [0.25, 0.3) is 0 Å². The van der Waals surface area contributed by atoms with Gasteiger partial charge in [-0.2, -0.15) is 0 Å². The molecule has 0 aliphatic carbocycles. The standard InChI is InChI=1S/C7H8ClNOS2/c1-11-12-4-5-2-9-3-6(8)7(5)10/h2-3H,4H2,1H3,(H,9,10). The summed E-state index contributed by atoms with van der Waals surface area (Å²) in [5.74, 6) is 0.692. The number of H-pyrrole nitrogens is 1. The summed E-state index contributed by atoms with van der Waals surface area (Å²) in [4.78, 5) is 14.1. The van der Waals surface area contributed by atoms with Gasteiger partial charge < -0.3 is 4.98 Å². The molecular formula is C7H8ClNOS2. The number of halogens is 1. The predicted octanol–water partition coefficient (Wildman–Crippen LogP) is 2.54. The van der Waals surface area contributed by atoms with Crippen molar-refractivity contribution < 1.29 is 0 Å². The highest BCUT2D eigenvalue weighted by Gasteiger charge is 2.02. The van der Waals surface area contributed by atoms with Crippen molar-refractivity contribution in [2.45, 2.75) is 5.75 Å². The van der Waals surface area contributed by atoms with Crippen molar-refractivity contribution in [1.29, 1.82) is 0 Å². The highest BCUT2D eigenvalue weighted by molar-refractivity contribution is 8.76. The van der Waals surface area contributed by atoms with Gasteiger partial charge in [-0.1, -0.05) is 33.2 Å². The molecule has 0 fully saturated rings. The van der Waals surface area contributed by atoms with Crippen LogP contribution in [0.15, 0.2) is 17.2 Å². The Morgan fingerprint density at radius 2 is 2.33 bits per heavy atom. The molecule has 66 valence electrons. The Balaban J connectivity index is 2.85. The van der Waals surface area contributed by atoms with E-state index in [9.17, 15) is 4.79 Å². The zero-order chi connectivity index (χ0) is 8.97. The zero-order valence-corrected chi connectivity index (χ0v) is 8.85. The van der Waals surface area contributed by atoms with E-state index in [4.69, 9.17) is 11.6 Å². The minimum atomic E-state index is -0.0723. The fourth-order valence-corrected chi connectivity index (χ4v) is 2.11. The predicted molar refractivity (Wildman–Crippen MR) is 56.9 cm³/mol. The molecule has 0 unspecified atom stereocenters. The summed E-state index contributed by atoms with van der Waals surface area (Å²) in [7, 11) is 3.25. The molecule has 12 heavy (non-hydrogen) atoms. The Morgan fingerprint density at radius 3 is 3.00 bits per heavy atom. The molecule has 0 bridgehead atoms. The molecule has 0 amide bonds. The summed E-state index contributed by atoms with van der Waals surface area (Å²) in [5.41, 5.74) is 0.652. The fourth-order valence-electron chi connectivity index (χ4n) is 0.730. The summed E-state index contributed by atoms with van der Waals surface area (Å²) in [6.45, 7) is 0. The second kappa shape index (κ2) is 4.84. The molecule has 0 atom stereocenters. The van der Waals surface area contributed by atoms with Gasteiger partial charge in [0.25, 0.3) is 0 Å². The average Bonchev–Trinajstić information content (AvgIpc) is 2.08. The molecule has 0 aliphatic heterocycles. The number of aromatic nitrogens is 1. The summed E-state index contributed by atoms with van der Waals surface area (Å²) in [6.07, 6.45) is 5.16. The fraction of sp³-hybridized carbons (Fsp3) is 0.286. The third kappa shape index (κ3) is 2.47. The van der Waals surface area contributed by atoms with Crippen LogP contribution < -0.4 is 5.43 Å². The molecule has 1 heterocycles. The minimum Gasteiger partial charge on any atom is -0.366 e. The van der Waals surface area contributed by atoms with Crippen LogP contribution in [0.1, 0.15) is 5.56 Å². The van der Waals surface area contributed by atoms with Crippen LogP contribution in [0.2, 0.25) is 5.02 Å². The van der Waals surface area contributed by atoms with Crippen molar-refractivity contribution >= 4 is 33.2 Å². The van der Waals surface area contributed by atoms with Gasteiger partial charge in [0.05, 0.1) is 0 Å². The van der Waals surface area contributed by atoms with Crippen molar-refractivity contribution in [2.75, 3.05) is 6.26 Å². The first-order chi connectivity index (χ1) is 5.75. The number of nitrogens with one attached hydrogen (secondary N) is 1. The van der Waals surface area contributed by atoms with Gasteiger partial charge in [0.15, 0.2) is 0 Å². The lowest BCUT2D eigenvalue weighted by molar-refractivity contribution is 1.22. The van der Waals surface area contributed by atoms with Crippen molar-refractivity contribution in [3.05, 3.63) is 33.2 Å². The maximum Gasteiger partial charge on any atom is 0.204 e. The normalized spacial score (nSPS) is 10.2. The average molecular weight is 222 g/mol. The lowest BCUT2D eigenvalue weighted by Crippen LogP contribution is -2.07. The SMILES string of the molecule is CSSCc1c[nH]cc(Cl)c1=O. The molecule has 1 aromatic rings. The summed E-state index contributed by atoms with van der Waals surface area (Å²) in [5, 5.41) is 0.259. The van der Waals surface area contributed by atoms with Crippen molar-refractivity contribution in [3.8, 4) is 0 Å². The zero-order valence-electron chi connectivity index (χ0n) is 6.46. The van der Waals surface area contributed by atoms with E-state index in [1.54, 1.807) is 27.8 Å². The summed E-state index contributed by atoms with van der Waals surface area (Å²) in [6, 6.07) is 0. The van der Waals surface area contributed by atoms with Gasteiger partial charge in [-0.3, -0.25) is 4.79 Å². The van der Waals surface area contributed by atoms with Gasteiger partial charge >= 0.3 is 0 Å². The van der Waals surface area contributed by atoms with Crippen LogP contribution in [0.5, 0.6) is 0 Å². The van der Waals surface area contributed by atoms with Crippen LogP contribution in [-0.2, 0) is 5.75 Å². The van der Waals surface area contributed by atoms with Gasteiger partial charge in [0.1, 0.15) is 5.02 Å². The molecule has 0 spiro atoms. The number of hydrogen-bond acceptors (Lipinski definition) is 3. The van der Waals surface area contributed by atoms with Gasteiger partial charge in [-0.25, -0.2) is 0 Å². The Bertz CT molecular complexity index is 313. The van der Waals surface area contributed by atoms with Crippen molar-refractivity contribution in [1.82, 2.24) is 4.98 Å². The van der Waals surface area contributed by atoms with E-state index in [1.165, 1.54) is 6.20 Å². The lowest BCUT2D eigenvalue weighted by Gasteiger charge is -1.97. The van der Waals surface area contributed by atoms with Crippen molar-refractivity contribution in [2.24, 2.45) is 0 Å². The molecule has 0 radical (unpaired) electrons. The summed E-state index contributed by atoms with van der Waals surface area (Å²) < 4.78 is 0. The van der Waals surface area contributed by atoms with Gasteiger partial charge in [-0.05, 0) is 6.26 Å². The second-order valence-electron chi connectivity index (χ2n) is 2.09. The topological polar surface area (TPSA) is 32.9 Å². The van der Waals surface area contributed by atoms with Crippen LogP contribution in [-0.4, -0.2) is 11.2 Å². The molecule has 2 nitrogen and oxygen atoms in total. The highest BCUT2D eigenvalue weighted by atomic mass is 35.5. The van der Waals surface area contributed by atoms with E-state index in [0.29, 0.717) is 5.75 Å². The molecule has 1 N–H and O–H groups in total. The molecular weight excluding hydrogens is 214 g/mol. The van der Waals surface area contributed by atoms with Crippen LogP contribution >= 0.6 is 33.2 Å². The molecule has 0 aliphatic rings. The van der Waals surface area contributed by atoms with E-state index in [0.717, 1.165) is 5.56 Å². The maximum atomic E-state index is 11.3. The van der Waals surface area contributed by atoms with E-state index in [-0.39, 0.29) is 10.5 Å². The van der Waals surface area contributed by atoms with Gasteiger partial charge in [-0.15, -0.1) is 0 Å². The first kappa shape index (κ1) is 10.0. The number of rotatable bonds is 3. The van der Waals surface area contributed by atoms with Crippen LogP contribution in [0.4, 0.5) is 0 Å². The third-order valence-corrected chi connectivity index (χ3v) is 3.31. The number of hydrogen-bond donors (Lipinski definition) is 1. The smallest absolute Gasteiger partial charge is 0.204 e. The molecule has 1 aromatic heterocycles. The molecule has 0 saturated carbocycles. The van der Waals surface area contributed by atoms with E-state index >= 15 is 0 Å². The summed E-state index contributed by atoms with van der Waals surface area (Å²) >= 11 is 5.63. The Hall–Kier alpha value is -0.0600. The molecule has 0 saturated heterocycles. The molecule has 1 rings (SSSR count). The van der Waals surface area contributed by atoms with Gasteiger partial charge in [0, 0.05) is 23.7 Å². The van der Waals surface area contributed by atoms with Gasteiger partial charge in [0.2, 0.25) is 5.43 Å². The van der Waals surface area contributed by atoms with E-state index in [1.807, 2.05) is 6.26 Å². The van der Waals surface area contributed by atoms with Crippen LogP contribution in [0.3, 0.4) is 0 Å². The van der Waals surface area contributed by atoms with Crippen LogP contribution in [0, 0.1) is 0 Å². The minimum absolute atomic E-state index is 0.0723. The monoisotopic (exact) mass is 221 g/mol. The third-order valence-electron chi connectivity index (χ3n) is 1.31. The number of aromatic amines is 1. The first-order valence-corrected chi connectivity index (χ1v) is 6.37. The lowest BCUT2D eigenvalue weighted by atomic mass is 10.3. The van der Waals surface area contributed by atoms with E-state index in [2.05, 4.69) is 4.98 Å². The number of pyridine rings is 1. The Kier molecular flexibility index (Phi) is 4.05. The molecule has 0 aromatic carbocycles. The quantitative estimate of drug-likeness (QED) is 0.797. The maximum absolute atomic E-state index is 11.3. The first-order valence-electron chi connectivity index (χ1n) is 3.26. The molecule has 5 heteroatoms. The van der Waals surface area contributed by atoms with E-state index < -0.39 is 0 Å².